The summed E-state index contributed by atoms with van der Waals surface area (Å²) >= 11 is 0. The van der Waals surface area contributed by atoms with Crippen molar-refractivity contribution < 1.29 is 40.5 Å². The fraction of sp³-hybridized carbons (Fsp3) is 0.581. The van der Waals surface area contributed by atoms with Crippen molar-refractivity contribution in [3.05, 3.63) is 64.7 Å². The normalized spacial score (nSPS) is 18.1. The smallest absolute Gasteiger partial charge is 0.419 e. The van der Waals surface area contributed by atoms with Gasteiger partial charge in [-0.15, -0.1) is 0 Å². The van der Waals surface area contributed by atoms with E-state index < -0.39 is 46.6 Å². The van der Waals surface area contributed by atoms with E-state index in [4.69, 9.17) is 14.0 Å². The number of halogens is 5. The van der Waals surface area contributed by atoms with Gasteiger partial charge in [0.05, 0.1) is 18.8 Å². The van der Waals surface area contributed by atoms with Gasteiger partial charge in [0.1, 0.15) is 29.5 Å². The summed E-state index contributed by atoms with van der Waals surface area (Å²) in [5.74, 6) is -1.28. The standard InChI is InChI=1S/C31H41F5NO4P/c1-21-37-30(19-40-21,20-41-42(38,28(2,3)4)29(5,6)7)15-14-22-10-13-27(25(17-22)31(34,35)36)39-16-8-9-23-11-12-24(32)18-26(23)33/h10-13,17-18H,8-9,14-16,19-20H2,1-7H3. The molecule has 0 saturated carbocycles. The highest BCUT2D eigenvalue weighted by Crippen LogP contribution is 2.67. The molecule has 234 valence electrons. The van der Waals surface area contributed by atoms with Crippen molar-refractivity contribution in [2.45, 2.75) is 96.2 Å². The molecule has 2 aromatic rings. The lowest BCUT2D eigenvalue weighted by Gasteiger charge is -2.41. The highest BCUT2D eigenvalue weighted by molar-refractivity contribution is 7.62. The average Bonchev–Trinajstić information content (AvgIpc) is 3.24. The first kappa shape index (κ1) is 34.0. The van der Waals surface area contributed by atoms with Crippen LogP contribution in [-0.2, 0) is 32.8 Å². The molecule has 0 bridgehead atoms. The molecule has 1 heterocycles. The van der Waals surface area contributed by atoms with E-state index in [1.807, 2.05) is 41.5 Å². The Bertz CT molecular complexity index is 1310. The zero-order valence-corrected chi connectivity index (χ0v) is 26.2. The predicted octanol–water partition coefficient (Wildman–Crippen LogP) is 9.01. The Morgan fingerprint density at radius 2 is 1.64 bits per heavy atom. The molecule has 2 aromatic carbocycles. The van der Waals surface area contributed by atoms with Gasteiger partial charge in [-0.3, -0.25) is 4.57 Å². The summed E-state index contributed by atoms with van der Waals surface area (Å²) in [6, 6.07) is 7.13. The molecule has 0 saturated heterocycles. The first-order chi connectivity index (χ1) is 19.3. The van der Waals surface area contributed by atoms with Crippen LogP contribution in [-0.4, -0.2) is 41.6 Å². The zero-order chi connectivity index (χ0) is 31.6. The second-order valence-corrected chi connectivity index (χ2v) is 16.9. The van der Waals surface area contributed by atoms with Gasteiger partial charge in [0.2, 0.25) is 7.37 Å². The number of rotatable bonds is 11. The number of aliphatic imine (C=N–C) groups is 1. The number of benzene rings is 2. The van der Waals surface area contributed by atoms with Crippen molar-refractivity contribution >= 4 is 13.3 Å². The van der Waals surface area contributed by atoms with E-state index in [-0.39, 0.29) is 50.4 Å². The lowest BCUT2D eigenvalue weighted by molar-refractivity contribution is -0.139. The Hall–Kier alpha value is -2.45. The van der Waals surface area contributed by atoms with Crippen LogP contribution in [0, 0.1) is 11.6 Å². The molecule has 0 aromatic heterocycles. The van der Waals surface area contributed by atoms with Crippen molar-refractivity contribution in [2.24, 2.45) is 4.99 Å². The minimum atomic E-state index is -4.66. The van der Waals surface area contributed by atoms with Crippen molar-refractivity contribution in [2.75, 3.05) is 19.8 Å². The molecule has 0 fully saturated rings. The van der Waals surface area contributed by atoms with Crippen LogP contribution >= 0.6 is 7.37 Å². The van der Waals surface area contributed by atoms with Gasteiger partial charge in [0.15, 0.2) is 5.90 Å². The Labute approximate surface area is 245 Å². The highest BCUT2D eigenvalue weighted by atomic mass is 31.2. The molecule has 42 heavy (non-hydrogen) atoms. The van der Waals surface area contributed by atoms with Gasteiger partial charge < -0.3 is 14.0 Å². The van der Waals surface area contributed by atoms with Crippen LogP contribution in [0.1, 0.15) is 78.0 Å². The van der Waals surface area contributed by atoms with E-state index >= 15 is 0 Å². The second kappa shape index (κ2) is 12.7. The Kier molecular flexibility index (Phi) is 10.3. The first-order valence-electron chi connectivity index (χ1n) is 14.0. The number of hydrogen-bond donors (Lipinski definition) is 0. The third kappa shape index (κ3) is 8.13. The van der Waals surface area contributed by atoms with Crippen LogP contribution < -0.4 is 4.74 Å². The number of nitrogens with zero attached hydrogens (tertiary/aromatic N) is 1. The van der Waals surface area contributed by atoms with E-state index in [0.717, 1.165) is 18.2 Å². The van der Waals surface area contributed by atoms with Gasteiger partial charge in [0.25, 0.3) is 0 Å². The van der Waals surface area contributed by atoms with Crippen molar-refractivity contribution in [1.82, 2.24) is 0 Å². The van der Waals surface area contributed by atoms with Crippen LogP contribution in [0.25, 0.3) is 0 Å². The van der Waals surface area contributed by atoms with Gasteiger partial charge >= 0.3 is 6.18 Å². The van der Waals surface area contributed by atoms with E-state index in [9.17, 15) is 26.5 Å². The van der Waals surface area contributed by atoms with Crippen LogP contribution in [0.2, 0.25) is 0 Å². The Morgan fingerprint density at radius 1 is 0.976 bits per heavy atom. The molecule has 0 radical (unpaired) electrons. The summed E-state index contributed by atoms with van der Waals surface area (Å²) in [5.41, 5.74) is -1.11. The fourth-order valence-electron chi connectivity index (χ4n) is 5.14. The molecule has 1 atom stereocenters. The minimum Gasteiger partial charge on any atom is -0.493 e. The molecule has 5 nitrogen and oxygen atoms in total. The molecule has 0 N–H and O–H groups in total. The van der Waals surface area contributed by atoms with Crippen LogP contribution in [0.5, 0.6) is 5.75 Å². The molecule has 0 aliphatic carbocycles. The van der Waals surface area contributed by atoms with Crippen molar-refractivity contribution in [3.63, 3.8) is 0 Å². The average molecular weight is 618 g/mol. The van der Waals surface area contributed by atoms with E-state index in [1.54, 1.807) is 13.0 Å². The largest absolute Gasteiger partial charge is 0.493 e. The lowest BCUT2D eigenvalue weighted by Crippen LogP contribution is -2.38. The fourth-order valence-corrected chi connectivity index (χ4v) is 8.35. The molecular weight excluding hydrogens is 576 g/mol. The van der Waals surface area contributed by atoms with Crippen LogP contribution in [0.4, 0.5) is 22.0 Å². The summed E-state index contributed by atoms with van der Waals surface area (Å²) in [4.78, 5) is 4.63. The number of hydrogen-bond acceptors (Lipinski definition) is 5. The summed E-state index contributed by atoms with van der Waals surface area (Å²) in [5, 5.41) is -1.26. The molecule has 11 heteroatoms. The molecule has 3 rings (SSSR count). The molecule has 0 amide bonds. The molecule has 1 aliphatic rings. The number of ether oxygens (including phenoxy) is 2. The number of aryl methyl sites for hydroxylation is 2. The maximum absolute atomic E-state index is 14.0. The van der Waals surface area contributed by atoms with E-state index in [2.05, 4.69) is 4.99 Å². The summed E-state index contributed by atoms with van der Waals surface area (Å²) < 4.78 is 100. The van der Waals surface area contributed by atoms with Gasteiger partial charge in [-0.2, -0.15) is 13.2 Å². The van der Waals surface area contributed by atoms with Gasteiger partial charge in [-0.05, 0) is 55.0 Å². The molecule has 1 unspecified atom stereocenters. The zero-order valence-electron chi connectivity index (χ0n) is 25.3. The molecular formula is C31H41F5NO4P. The van der Waals surface area contributed by atoms with Gasteiger partial charge in [-0.25, -0.2) is 13.8 Å². The second-order valence-electron chi connectivity index (χ2n) is 12.8. The maximum atomic E-state index is 14.0. The maximum Gasteiger partial charge on any atom is 0.419 e. The van der Waals surface area contributed by atoms with Crippen LogP contribution in [0.3, 0.4) is 0 Å². The summed E-state index contributed by atoms with van der Waals surface area (Å²) in [7, 11) is -3.20. The van der Waals surface area contributed by atoms with Crippen molar-refractivity contribution in [1.29, 1.82) is 0 Å². The predicted molar refractivity (Wildman–Crippen MR) is 155 cm³/mol. The minimum absolute atomic E-state index is 0.0120. The Balaban J connectivity index is 1.72. The van der Waals surface area contributed by atoms with E-state index in [0.29, 0.717) is 17.9 Å². The third-order valence-electron chi connectivity index (χ3n) is 7.32. The summed E-state index contributed by atoms with van der Waals surface area (Å²) in [6.07, 6.45) is -3.67. The third-order valence-corrected chi connectivity index (χ3v) is 11.3. The van der Waals surface area contributed by atoms with Crippen LogP contribution in [0.15, 0.2) is 41.4 Å². The topological polar surface area (TPSA) is 57.1 Å². The molecule has 1 aliphatic heterocycles. The monoisotopic (exact) mass is 617 g/mol. The summed E-state index contributed by atoms with van der Waals surface area (Å²) in [6.45, 7) is 13.0. The lowest BCUT2D eigenvalue weighted by atomic mass is 9.93. The van der Waals surface area contributed by atoms with Gasteiger partial charge in [-0.1, -0.05) is 53.7 Å². The molecule has 0 spiro atoms. The van der Waals surface area contributed by atoms with Crippen molar-refractivity contribution in [3.8, 4) is 5.75 Å². The quantitative estimate of drug-likeness (QED) is 0.143. The van der Waals surface area contributed by atoms with E-state index in [1.165, 1.54) is 12.1 Å². The number of alkyl halides is 3. The highest BCUT2D eigenvalue weighted by Gasteiger charge is 2.50. The van der Waals surface area contributed by atoms with Gasteiger partial charge in [0, 0.05) is 23.3 Å². The first-order valence-corrected chi connectivity index (χ1v) is 15.6. The SMILES string of the molecule is CC1=NC(CCc2ccc(OCCCc3ccc(F)cc3F)c(C(F)(F)F)c2)(COP(=O)(C(C)(C)C)C(C)(C)C)CO1. The Morgan fingerprint density at radius 3 is 2.19 bits per heavy atom.